The predicted molar refractivity (Wildman–Crippen MR) is 142 cm³/mol. The van der Waals surface area contributed by atoms with Crippen molar-refractivity contribution in [3.8, 4) is 0 Å². The van der Waals surface area contributed by atoms with E-state index in [2.05, 4.69) is 25.8 Å². The van der Waals surface area contributed by atoms with Crippen molar-refractivity contribution >= 4 is 41.1 Å². The second-order valence-electron chi connectivity index (χ2n) is 8.53. The van der Waals surface area contributed by atoms with E-state index < -0.39 is 23.4 Å². The number of halogens is 4. The number of benzene rings is 2. The fourth-order valence-electron chi connectivity index (χ4n) is 3.71. The second-order valence-corrected chi connectivity index (χ2v) is 8.96. The van der Waals surface area contributed by atoms with E-state index in [9.17, 15) is 18.0 Å². The Hall–Kier alpha value is -4.38. The zero-order chi connectivity index (χ0) is 27.4. The van der Waals surface area contributed by atoms with Crippen LogP contribution in [0.1, 0.15) is 34.0 Å². The summed E-state index contributed by atoms with van der Waals surface area (Å²) in [5.74, 6) is -0.442. The van der Waals surface area contributed by atoms with Crippen LogP contribution in [0.2, 0.25) is 5.02 Å². The van der Waals surface area contributed by atoms with Gasteiger partial charge in [0.25, 0.3) is 5.91 Å². The number of nitrogens with two attached hydrogens (primary N) is 1. The molecule has 4 N–H and O–H groups in total. The number of carbonyl (C=O) groups is 1. The van der Waals surface area contributed by atoms with Crippen LogP contribution in [0, 0.1) is 6.92 Å². The first-order valence-electron chi connectivity index (χ1n) is 11.3. The van der Waals surface area contributed by atoms with Gasteiger partial charge in [0.2, 0.25) is 0 Å². The highest BCUT2D eigenvalue weighted by Gasteiger charge is 2.36. The van der Waals surface area contributed by atoms with Gasteiger partial charge in [0, 0.05) is 23.3 Å². The summed E-state index contributed by atoms with van der Waals surface area (Å²) in [6.45, 7) is 3.78. The lowest BCUT2D eigenvalue weighted by molar-refractivity contribution is -0.0889. The number of aliphatic imine (C=N–C) groups is 1. The molecule has 0 spiro atoms. The van der Waals surface area contributed by atoms with Crippen LogP contribution in [-0.4, -0.2) is 33.8 Å². The van der Waals surface area contributed by atoms with Crippen LogP contribution >= 0.6 is 11.6 Å². The van der Waals surface area contributed by atoms with Gasteiger partial charge < -0.3 is 15.6 Å². The molecule has 0 aliphatic carbocycles. The minimum absolute atomic E-state index is 0.260. The number of rotatable bonds is 6. The van der Waals surface area contributed by atoms with Crippen molar-refractivity contribution in [1.29, 1.82) is 0 Å². The number of hydrogen-bond donors (Lipinski definition) is 3. The second kappa shape index (κ2) is 10.9. The first-order chi connectivity index (χ1) is 18.0. The molecule has 1 amide bonds. The van der Waals surface area contributed by atoms with Gasteiger partial charge in [-0.05, 0) is 60.4 Å². The molecule has 0 fully saturated rings. The van der Waals surface area contributed by atoms with Gasteiger partial charge in [-0.15, -0.1) is 0 Å². The molecule has 38 heavy (non-hydrogen) atoms. The molecule has 2 heterocycles. The van der Waals surface area contributed by atoms with Crippen LogP contribution in [0.15, 0.2) is 82.4 Å². The summed E-state index contributed by atoms with van der Waals surface area (Å²) < 4.78 is 43.3. The molecule has 0 atom stereocenters. The van der Waals surface area contributed by atoms with Crippen LogP contribution in [0.25, 0.3) is 5.57 Å². The predicted octanol–water partition coefficient (Wildman–Crippen LogP) is 5.27. The van der Waals surface area contributed by atoms with Gasteiger partial charge in [0.15, 0.2) is 11.7 Å². The Bertz CT molecular complexity index is 1490. The van der Waals surface area contributed by atoms with Crippen LogP contribution in [0.4, 0.5) is 19.0 Å². The van der Waals surface area contributed by atoms with Gasteiger partial charge in [-0.3, -0.25) is 10.2 Å². The number of aryl methyl sites for hydroxylation is 1. The molecular weight excluding hydrogens is 519 g/mol. The summed E-state index contributed by atoms with van der Waals surface area (Å²) in [5, 5.41) is 6.93. The van der Waals surface area contributed by atoms with Crippen molar-refractivity contribution in [3.05, 3.63) is 99.6 Å². The molecule has 8 nitrogen and oxygen atoms in total. The molecule has 2 aromatic carbocycles. The van der Waals surface area contributed by atoms with E-state index in [4.69, 9.17) is 17.3 Å². The molecule has 196 valence electrons. The van der Waals surface area contributed by atoms with Gasteiger partial charge >= 0.3 is 6.18 Å². The maximum atomic E-state index is 13.8. The van der Waals surface area contributed by atoms with E-state index in [1.165, 1.54) is 13.0 Å². The summed E-state index contributed by atoms with van der Waals surface area (Å²) in [7, 11) is 0. The van der Waals surface area contributed by atoms with Gasteiger partial charge in [-0.25, -0.2) is 9.98 Å². The number of allylic oxidation sites excluding steroid dienone is 3. The number of carbonyl (C=O) groups excluding carboxylic acids is 1. The normalized spacial score (nSPS) is 15.1. The van der Waals surface area contributed by atoms with Crippen molar-refractivity contribution in [2.45, 2.75) is 26.6 Å². The smallest absolute Gasteiger partial charge is 0.382 e. The van der Waals surface area contributed by atoms with Gasteiger partial charge in [0.05, 0.1) is 11.9 Å². The summed E-state index contributed by atoms with van der Waals surface area (Å²) in [6, 6.07) is 12.2. The summed E-state index contributed by atoms with van der Waals surface area (Å²) >= 11 is 5.92. The maximum absolute atomic E-state index is 13.8. The lowest BCUT2D eigenvalue weighted by Gasteiger charge is -2.17. The largest absolute Gasteiger partial charge is 0.418 e. The summed E-state index contributed by atoms with van der Waals surface area (Å²) in [5.41, 5.74) is 9.06. The number of amides is 1. The molecular formula is C26H23ClF3N7O. The van der Waals surface area contributed by atoms with Crippen molar-refractivity contribution in [1.82, 2.24) is 15.0 Å². The summed E-state index contributed by atoms with van der Waals surface area (Å²) in [4.78, 5) is 20.9. The molecule has 0 bridgehead atoms. The van der Waals surface area contributed by atoms with Crippen molar-refractivity contribution in [2.24, 2.45) is 15.8 Å². The lowest BCUT2D eigenvalue weighted by atomic mass is 9.98. The molecule has 0 saturated heterocycles. The fourth-order valence-corrected chi connectivity index (χ4v) is 3.83. The van der Waals surface area contributed by atoms with Crippen LogP contribution in [-0.2, 0) is 6.54 Å². The molecule has 1 aliphatic heterocycles. The average molecular weight is 542 g/mol. The van der Waals surface area contributed by atoms with Gasteiger partial charge in [-0.1, -0.05) is 35.9 Å². The number of imidazole rings is 1. The van der Waals surface area contributed by atoms with Crippen LogP contribution < -0.4 is 16.5 Å². The highest BCUT2D eigenvalue weighted by atomic mass is 35.5. The first-order valence-corrected chi connectivity index (χ1v) is 11.7. The van der Waals surface area contributed by atoms with Crippen molar-refractivity contribution in [2.75, 3.05) is 5.32 Å². The first kappa shape index (κ1) is 26.7. The molecule has 0 saturated carbocycles. The Balaban J connectivity index is 1.56. The Labute approximate surface area is 221 Å². The Morgan fingerprint density at radius 1 is 1.21 bits per heavy atom. The van der Waals surface area contributed by atoms with E-state index in [0.29, 0.717) is 34.1 Å². The third kappa shape index (κ3) is 6.30. The molecule has 1 aliphatic rings. The molecule has 3 aromatic rings. The minimum Gasteiger partial charge on any atom is -0.382 e. The fraction of sp³-hybridized carbons (Fsp3) is 0.154. The molecule has 1 aromatic heterocycles. The number of hydrogen-bond acceptors (Lipinski definition) is 6. The van der Waals surface area contributed by atoms with Gasteiger partial charge in [0.1, 0.15) is 12.0 Å². The van der Waals surface area contributed by atoms with E-state index in [1.54, 1.807) is 48.3 Å². The third-order valence-corrected chi connectivity index (χ3v) is 5.97. The van der Waals surface area contributed by atoms with E-state index in [1.807, 2.05) is 12.1 Å². The highest BCUT2D eigenvalue weighted by Crippen LogP contribution is 2.32. The highest BCUT2D eigenvalue weighted by molar-refractivity contribution is 6.30. The zero-order valence-electron chi connectivity index (χ0n) is 20.3. The standard InChI is InChI=1S/C26H23ClF3N7O/c1-15-3-6-18(16(2)9-21(26(28,29)30)23-24(31)32-13-34-36-23)10-20(15)25(38)35-22-12-37(14-33-22)11-17-4-7-19(27)8-5-17/h3-10,12-14,36H,11H2,1-2H3,(H,35,38)(H2,31,32,34)/b16-9+,23-21+. The molecule has 0 unspecified atom stereocenters. The lowest BCUT2D eigenvalue weighted by Crippen LogP contribution is -2.31. The number of aromatic nitrogens is 2. The number of nitrogens with zero attached hydrogens (tertiary/aromatic N) is 4. The van der Waals surface area contributed by atoms with Gasteiger partial charge in [-0.2, -0.15) is 18.3 Å². The van der Waals surface area contributed by atoms with E-state index in [-0.39, 0.29) is 11.4 Å². The quantitative estimate of drug-likeness (QED) is 0.395. The van der Waals surface area contributed by atoms with Crippen LogP contribution in [0.3, 0.4) is 0 Å². The SMILES string of the molecule is C/C(=C\C(=C1/NN=CN=C1N)C(F)(F)F)c1ccc(C)c(C(=O)Nc2cn(Cc3ccc(Cl)cc3)cn2)c1. The minimum atomic E-state index is -4.73. The molecule has 0 radical (unpaired) electrons. The topological polar surface area (TPSA) is 110 Å². The number of hydrazone groups is 1. The molecule has 12 heteroatoms. The number of amidine groups is 1. The van der Waals surface area contributed by atoms with E-state index >= 15 is 0 Å². The monoisotopic (exact) mass is 541 g/mol. The number of anilines is 1. The zero-order valence-corrected chi connectivity index (χ0v) is 21.1. The van der Waals surface area contributed by atoms with Crippen molar-refractivity contribution in [3.63, 3.8) is 0 Å². The maximum Gasteiger partial charge on any atom is 0.418 e. The summed E-state index contributed by atoms with van der Waals surface area (Å²) in [6.07, 6.45) is 0.507. The average Bonchev–Trinajstić information content (AvgIpc) is 3.30. The Morgan fingerprint density at radius 3 is 2.63 bits per heavy atom. The number of nitrogens with one attached hydrogen (secondary N) is 2. The van der Waals surface area contributed by atoms with Crippen LogP contribution in [0.5, 0.6) is 0 Å². The number of alkyl halides is 3. The van der Waals surface area contributed by atoms with E-state index in [0.717, 1.165) is 18.0 Å². The molecule has 4 rings (SSSR count). The Kier molecular flexibility index (Phi) is 7.67. The Morgan fingerprint density at radius 2 is 1.95 bits per heavy atom. The van der Waals surface area contributed by atoms with Crippen molar-refractivity contribution < 1.29 is 18.0 Å². The third-order valence-electron chi connectivity index (χ3n) is 5.71.